The molecule has 0 atom stereocenters. The van der Waals surface area contributed by atoms with Gasteiger partial charge in [-0.2, -0.15) is 5.26 Å². The molecule has 31 heavy (non-hydrogen) atoms. The van der Waals surface area contributed by atoms with Crippen LogP contribution in [0.1, 0.15) is 27.0 Å². The molecule has 4 nitrogen and oxygen atoms in total. The molecule has 0 aliphatic rings. The van der Waals surface area contributed by atoms with Crippen molar-refractivity contribution in [3.8, 4) is 6.07 Å². The minimum atomic E-state index is -1.00. The number of aromatic nitrogens is 1. The van der Waals surface area contributed by atoms with Crippen LogP contribution in [0.5, 0.6) is 0 Å². The number of carboxylic acids is 1. The number of fused-ring (bicyclic) bond motifs is 1. The van der Waals surface area contributed by atoms with Crippen LogP contribution in [0.15, 0.2) is 72.9 Å². The van der Waals surface area contributed by atoms with Crippen molar-refractivity contribution in [3.63, 3.8) is 0 Å². The fourth-order valence-electron chi connectivity index (χ4n) is 3.48. The van der Waals surface area contributed by atoms with E-state index < -0.39 is 5.97 Å². The smallest absolute Gasteiger partial charge is 0.335 e. The molecule has 1 N–H and O–H groups in total. The van der Waals surface area contributed by atoms with Gasteiger partial charge >= 0.3 is 5.97 Å². The van der Waals surface area contributed by atoms with Crippen molar-refractivity contribution >= 4 is 51.7 Å². The molecule has 0 radical (unpaired) electrons. The molecule has 0 saturated carbocycles. The van der Waals surface area contributed by atoms with Crippen molar-refractivity contribution in [2.75, 3.05) is 0 Å². The zero-order chi connectivity index (χ0) is 22.0. The van der Waals surface area contributed by atoms with E-state index in [1.165, 1.54) is 12.1 Å². The van der Waals surface area contributed by atoms with E-state index in [0.29, 0.717) is 27.7 Å². The van der Waals surface area contributed by atoms with Crippen molar-refractivity contribution in [2.24, 2.45) is 0 Å². The van der Waals surface area contributed by atoms with Gasteiger partial charge in [-0.3, -0.25) is 0 Å². The quantitative estimate of drug-likeness (QED) is 0.344. The highest BCUT2D eigenvalue weighted by Crippen LogP contribution is 2.29. The maximum atomic E-state index is 11.1. The zero-order valence-electron chi connectivity index (χ0n) is 16.2. The number of nitriles is 1. The van der Waals surface area contributed by atoms with E-state index in [4.69, 9.17) is 28.3 Å². The van der Waals surface area contributed by atoms with Gasteiger partial charge in [0.15, 0.2) is 0 Å². The van der Waals surface area contributed by atoms with Gasteiger partial charge in [0.25, 0.3) is 0 Å². The molecule has 0 fully saturated rings. The Hall–Kier alpha value is -3.52. The summed E-state index contributed by atoms with van der Waals surface area (Å²) in [5.41, 5.74) is 4.12. The average molecular weight is 447 g/mol. The van der Waals surface area contributed by atoms with Gasteiger partial charge in [-0.05, 0) is 47.5 Å². The van der Waals surface area contributed by atoms with Crippen LogP contribution in [0.2, 0.25) is 10.0 Å². The second kappa shape index (κ2) is 8.69. The SMILES string of the molecule is N#C/C(=C/c1cn(Cc2ccc(Cl)cc2Cl)c2ccccc12)c1ccc(C(=O)O)cc1. The lowest BCUT2D eigenvalue weighted by molar-refractivity contribution is 0.0697. The highest BCUT2D eigenvalue weighted by atomic mass is 35.5. The summed E-state index contributed by atoms with van der Waals surface area (Å²) in [6.45, 7) is 0.555. The molecule has 3 aromatic carbocycles. The first-order valence-corrected chi connectivity index (χ1v) is 10.2. The normalized spacial score (nSPS) is 11.5. The fraction of sp³-hybridized carbons (Fsp3) is 0.0400. The minimum absolute atomic E-state index is 0.178. The van der Waals surface area contributed by atoms with Gasteiger partial charge in [0.05, 0.1) is 17.2 Å². The molecule has 0 spiro atoms. The fourth-order valence-corrected chi connectivity index (χ4v) is 3.95. The number of para-hydroxylation sites is 1. The molecule has 1 heterocycles. The Morgan fingerprint density at radius 3 is 2.42 bits per heavy atom. The maximum absolute atomic E-state index is 11.1. The molecule has 4 aromatic rings. The molecule has 0 saturated heterocycles. The lowest BCUT2D eigenvalue weighted by Crippen LogP contribution is -1.98. The number of carbonyl (C=O) groups is 1. The molecule has 0 amide bonds. The summed E-state index contributed by atoms with van der Waals surface area (Å²) in [6, 6.07) is 21.9. The highest BCUT2D eigenvalue weighted by molar-refractivity contribution is 6.35. The first kappa shape index (κ1) is 20.7. The van der Waals surface area contributed by atoms with E-state index in [9.17, 15) is 10.1 Å². The Morgan fingerprint density at radius 1 is 1.03 bits per heavy atom. The van der Waals surface area contributed by atoms with Crippen LogP contribution in [0.4, 0.5) is 0 Å². The molecule has 0 aliphatic heterocycles. The number of allylic oxidation sites excluding steroid dienone is 1. The van der Waals surface area contributed by atoms with Gasteiger partial charge in [0.1, 0.15) is 0 Å². The minimum Gasteiger partial charge on any atom is -0.478 e. The van der Waals surface area contributed by atoms with Crippen LogP contribution >= 0.6 is 23.2 Å². The Morgan fingerprint density at radius 2 is 1.74 bits per heavy atom. The molecule has 0 bridgehead atoms. The summed E-state index contributed by atoms with van der Waals surface area (Å²) >= 11 is 12.4. The van der Waals surface area contributed by atoms with Gasteiger partial charge < -0.3 is 9.67 Å². The monoisotopic (exact) mass is 446 g/mol. The Kier molecular flexibility index (Phi) is 5.81. The number of carboxylic acid groups (broad SMARTS) is 1. The van der Waals surface area contributed by atoms with Gasteiger partial charge in [0.2, 0.25) is 0 Å². The molecule has 4 rings (SSSR count). The molecular weight excluding hydrogens is 431 g/mol. The first-order chi connectivity index (χ1) is 15.0. The van der Waals surface area contributed by atoms with Crippen LogP contribution < -0.4 is 0 Å². The van der Waals surface area contributed by atoms with Crippen LogP contribution in [0.25, 0.3) is 22.6 Å². The van der Waals surface area contributed by atoms with Crippen molar-refractivity contribution in [3.05, 3.63) is 105 Å². The summed E-state index contributed by atoms with van der Waals surface area (Å²) in [7, 11) is 0. The summed E-state index contributed by atoms with van der Waals surface area (Å²) in [4.78, 5) is 11.1. The number of rotatable bonds is 5. The molecule has 6 heteroatoms. The van der Waals surface area contributed by atoms with E-state index in [0.717, 1.165) is 22.0 Å². The molecule has 152 valence electrons. The Bertz CT molecular complexity index is 1360. The maximum Gasteiger partial charge on any atom is 0.335 e. The zero-order valence-corrected chi connectivity index (χ0v) is 17.7. The standard InChI is InChI=1S/C25H16Cl2N2O2/c26-21-10-9-18(23(27)12-21)14-29-15-20(22-3-1-2-4-24(22)29)11-19(13-28)16-5-7-17(8-6-16)25(30)31/h1-12,15H,14H2,(H,30,31)/b19-11-. The van der Waals surface area contributed by atoms with E-state index in [2.05, 4.69) is 10.6 Å². The second-order valence-electron chi connectivity index (χ2n) is 7.02. The number of benzene rings is 3. The lowest BCUT2D eigenvalue weighted by atomic mass is 10.0. The first-order valence-electron chi connectivity index (χ1n) is 9.43. The lowest BCUT2D eigenvalue weighted by Gasteiger charge is -2.08. The Labute approximate surface area is 189 Å². The number of hydrogen-bond acceptors (Lipinski definition) is 2. The number of halogens is 2. The van der Waals surface area contributed by atoms with E-state index >= 15 is 0 Å². The topological polar surface area (TPSA) is 66.0 Å². The van der Waals surface area contributed by atoms with E-state index in [1.807, 2.05) is 48.7 Å². The number of nitrogens with zero attached hydrogens (tertiary/aromatic N) is 2. The van der Waals surface area contributed by atoms with Crippen molar-refractivity contribution < 1.29 is 9.90 Å². The van der Waals surface area contributed by atoms with E-state index in [1.54, 1.807) is 18.2 Å². The van der Waals surface area contributed by atoms with Gasteiger partial charge in [-0.1, -0.05) is 59.6 Å². The predicted molar refractivity (Wildman–Crippen MR) is 124 cm³/mol. The van der Waals surface area contributed by atoms with Gasteiger partial charge in [-0.25, -0.2) is 4.79 Å². The van der Waals surface area contributed by atoms with Crippen molar-refractivity contribution in [2.45, 2.75) is 6.54 Å². The largest absolute Gasteiger partial charge is 0.478 e. The summed E-state index contributed by atoms with van der Waals surface area (Å²) < 4.78 is 2.08. The summed E-state index contributed by atoms with van der Waals surface area (Å²) in [5, 5.41) is 21.0. The highest BCUT2D eigenvalue weighted by Gasteiger charge is 2.11. The average Bonchev–Trinajstić information content (AvgIpc) is 3.11. The molecule has 0 unspecified atom stereocenters. The third kappa shape index (κ3) is 4.34. The Balaban J connectivity index is 1.77. The van der Waals surface area contributed by atoms with Gasteiger partial charge in [0, 0.05) is 39.3 Å². The van der Waals surface area contributed by atoms with Crippen LogP contribution in [0, 0.1) is 11.3 Å². The number of aromatic carboxylic acids is 1. The molecule has 1 aromatic heterocycles. The van der Waals surface area contributed by atoms with Crippen LogP contribution in [-0.4, -0.2) is 15.6 Å². The summed E-state index contributed by atoms with van der Waals surface area (Å²) in [6.07, 6.45) is 3.80. The summed E-state index contributed by atoms with van der Waals surface area (Å²) in [5.74, 6) is -1.00. The predicted octanol–water partition coefficient (Wildman–Crippen LogP) is 6.76. The molecule has 0 aliphatic carbocycles. The van der Waals surface area contributed by atoms with E-state index in [-0.39, 0.29) is 5.56 Å². The second-order valence-corrected chi connectivity index (χ2v) is 7.86. The third-order valence-corrected chi connectivity index (χ3v) is 5.63. The van der Waals surface area contributed by atoms with Crippen molar-refractivity contribution in [1.29, 1.82) is 5.26 Å². The van der Waals surface area contributed by atoms with Crippen molar-refractivity contribution in [1.82, 2.24) is 4.57 Å². The number of hydrogen-bond donors (Lipinski definition) is 1. The van der Waals surface area contributed by atoms with Crippen LogP contribution in [-0.2, 0) is 6.54 Å². The van der Waals surface area contributed by atoms with Crippen LogP contribution in [0.3, 0.4) is 0 Å². The third-order valence-electron chi connectivity index (χ3n) is 5.04. The van der Waals surface area contributed by atoms with Gasteiger partial charge in [-0.15, -0.1) is 0 Å². The molecular formula is C25H16Cl2N2O2.